The average molecular weight is 461 g/mol. The lowest BCUT2D eigenvalue weighted by molar-refractivity contribution is 0.0293. The van der Waals surface area contributed by atoms with Crippen molar-refractivity contribution in [1.29, 1.82) is 0 Å². The number of fused-ring (bicyclic) bond motifs is 1. The Bertz CT molecular complexity index is 1270. The van der Waals surface area contributed by atoms with Gasteiger partial charge in [0, 0.05) is 30.1 Å². The van der Waals surface area contributed by atoms with Crippen LogP contribution in [0.2, 0.25) is 0 Å². The SMILES string of the molecule is CC(C)(C)OC(=O)N1CCC(Nc2nc(-c3ccccc3O)nc3ccc(C#CCO)cc23)C1. The molecule has 2 heterocycles. The molecule has 0 bridgehead atoms. The van der Waals surface area contributed by atoms with Crippen molar-refractivity contribution >= 4 is 22.8 Å². The molecule has 8 nitrogen and oxygen atoms in total. The van der Waals surface area contributed by atoms with Crippen LogP contribution < -0.4 is 5.32 Å². The third-order valence-corrected chi connectivity index (χ3v) is 5.33. The van der Waals surface area contributed by atoms with Gasteiger partial charge in [-0.3, -0.25) is 0 Å². The summed E-state index contributed by atoms with van der Waals surface area (Å²) < 4.78 is 5.50. The van der Waals surface area contributed by atoms with E-state index < -0.39 is 5.60 Å². The van der Waals surface area contributed by atoms with Crippen molar-refractivity contribution in [3.63, 3.8) is 0 Å². The van der Waals surface area contributed by atoms with Crippen LogP contribution in [0.3, 0.4) is 0 Å². The van der Waals surface area contributed by atoms with Crippen LogP contribution >= 0.6 is 0 Å². The number of phenolic OH excluding ortho intramolecular Hbond substituents is 1. The highest BCUT2D eigenvalue weighted by atomic mass is 16.6. The van der Waals surface area contributed by atoms with Crippen LogP contribution in [0.1, 0.15) is 32.8 Å². The van der Waals surface area contributed by atoms with E-state index in [1.165, 1.54) is 0 Å². The van der Waals surface area contributed by atoms with Gasteiger partial charge < -0.3 is 25.2 Å². The number of benzene rings is 2. The van der Waals surface area contributed by atoms with Gasteiger partial charge in [0.2, 0.25) is 0 Å². The number of nitrogens with one attached hydrogen (secondary N) is 1. The number of para-hydroxylation sites is 1. The van der Waals surface area contributed by atoms with Crippen molar-refractivity contribution in [2.45, 2.75) is 38.8 Å². The standard InChI is InChI=1S/C26H28N4O4/c1-26(2,3)34-25(33)30-13-12-18(16-30)27-24-20-15-17(7-6-14-31)10-11-21(20)28-23(29-24)19-8-4-5-9-22(19)32/h4-5,8-11,15,18,31-32H,12-14,16H2,1-3H3,(H,27,28,29). The van der Waals surface area contributed by atoms with Crippen molar-refractivity contribution in [3.8, 4) is 29.0 Å². The molecule has 176 valence electrons. The zero-order valence-corrected chi connectivity index (χ0v) is 19.5. The van der Waals surface area contributed by atoms with Crippen LogP contribution in [0.15, 0.2) is 42.5 Å². The van der Waals surface area contributed by atoms with Gasteiger partial charge in [0.05, 0.1) is 11.1 Å². The number of aliphatic hydroxyl groups is 1. The van der Waals surface area contributed by atoms with E-state index in [0.717, 1.165) is 17.4 Å². The summed E-state index contributed by atoms with van der Waals surface area (Å²) in [6.07, 6.45) is 0.404. The van der Waals surface area contributed by atoms with Gasteiger partial charge in [-0.05, 0) is 57.5 Å². The monoisotopic (exact) mass is 460 g/mol. The Morgan fingerprint density at radius 3 is 2.76 bits per heavy atom. The van der Waals surface area contributed by atoms with Gasteiger partial charge in [0.25, 0.3) is 0 Å². The third-order valence-electron chi connectivity index (χ3n) is 5.33. The molecule has 1 aliphatic rings. The van der Waals surface area contributed by atoms with Gasteiger partial charge in [-0.15, -0.1) is 0 Å². The molecule has 1 amide bonds. The van der Waals surface area contributed by atoms with Crippen LogP contribution in [0.5, 0.6) is 5.75 Å². The lowest BCUT2D eigenvalue weighted by Gasteiger charge is -2.24. The number of phenols is 1. The van der Waals surface area contributed by atoms with Gasteiger partial charge in [-0.2, -0.15) is 0 Å². The number of aliphatic hydroxyl groups excluding tert-OH is 1. The maximum absolute atomic E-state index is 12.5. The molecule has 1 atom stereocenters. The van der Waals surface area contributed by atoms with Crippen molar-refractivity contribution < 1.29 is 19.7 Å². The topological polar surface area (TPSA) is 108 Å². The highest BCUT2D eigenvalue weighted by Crippen LogP contribution is 2.31. The minimum absolute atomic E-state index is 0.0324. The molecule has 1 unspecified atom stereocenters. The zero-order valence-electron chi connectivity index (χ0n) is 19.5. The summed E-state index contributed by atoms with van der Waals surface area (Å²) in [5.74, 6) is 6.65. The first-order chi connectivity index (χ1) is 16.2. The predicted molar refractivity (Wildman–Crippen MR) is 130 cm³/mol. The number of anilines is 1. The van der Waals surface area contributed by atoms with Gasteiger partial charge in [-0.25, -0.2) is 14.8 Å². The number of rotatable bonds is 3. The van der Waals surface area contributed by atoms with Gasteiger partial charge >= 0.3 is 6.09 Å². The second-order valence-corrected chi connectivity index (χ2v) is 9.16. The smallest absolute Gasteiger partial charge is 0.410 e. The van der Waals surface area contributed by atoms with Crippen LogP contribution in [-0.2, 0) is 4.74 Å². The summed E-state index contributed by atoms with van der Waals surface area (Å²) in [4.78, 5) is 23.6. The minimum Gasteiger partial charge on any atom is -0.507 e. The first-order valence-electron chi connectivity index (χ1n) is 11.2. The molecule has 1 fully saturated rings. The minimum atomic E-state index is -0.552. The summed E-state index contributed by atoms with van der Waals surface area (Å²) >= 11 is 0. The van der Waals surface area contributed by atoms with Crippen LogP contribution in [0, 0.1) is 11.8 Å². The average Bonchev–Trinajstić information content (AvgIpc) is 3.25. The number of ether oxygens (including phenoxy) is 1. The van der Waals surface area contributed by atoms with Crippen molar-refractivity contribution in [2.75, 3.05) is 25.0 Å². The summed E-state index contributed by atoms with van der Waals surface area (Å²) in [6, 6.07) is 12.4. The lowest BCUT2D eigenvalue weighted by atomic mass is 10.1. The predicted octanol–water partition coefficient (Wildman–Crippen LogP) is 3.77. The number of carbonyl (C=O) groups is 1. The molecule has 0 radical (unpaired) electrons. The number of hydrogen-bond donors (Lipinski definition) is 3. The second kappa shape index (κ2) is 9.57. The maximum Gasteiger partial charge on any atom is 0.410 e. The van der Waals surface area contributed by atoms with Crippen LogP contribution in [0.4, 0.5) is 10.6 Å². The molecule has 0 saturated carbocycles. The summed E-state index contributed by atoms with van der Waals surface area (Å²) in [5, 5.41) is 23.6. The Hall–Kier alpha value is -3.83. The number of aromatic hydroxyl groups is 1. The van der Waals surface area contributed by atoms with Crippen molar-refractivity contribution in [3.05, 3.63) is 48.0 Å². The fourth-order valence-electron chi connectivity index (χ4n) is 3.80. The van der Waals surface area contributed by atoms with E-state index in [4.69, 9.17) is 14.8 Å². The molecule has 0 aliphatic carbocycles. The Balaban J connectivity index is 1.68. The number of likely N-dealkylation sites (tertiary alicyclic amines) is 1. The number of carbonyl (C=O) groups excluding carboxylic acids is 1. The van der Waals surface area contributed by atoms with Crippen molar-refractivity contribution in [1.82, 2.24) is 14.9 Å². The van der Waals surface area contributed by atoms with Gasteiger partial charge in [-0.1, -0.05) is 24.0 Å². The first kappa shape index (κ1) is 23.3. The molecule has 4 rings (SSSR count). The largest absolute Gasteiger partial charge is 0.507 e. The molecule has 8 heteroatoms. The number of nitrogens with zero attached hydrogens (tertiary/aromatic N) is 3. The summed E-state index contributed by atoms with van der Waals surface area (Å²) in [5.41, 5.74) is 1.39. The van der Waals surface area contributed by atoms with Crippen LogP contribution in [0.25, 0.3) is 22.3 Å². The second-order valence-electron chi connectivity index (χ2n) is 9.16. The highest BCUT2D eigenvalue weighted by molar-refractivity contribution is 5.92. The third kappa shape index (κ3) is 5.38. The summed E-state index contributed by atoms with van der Waals surface area (Å²) in [6.45, 7) is 6.38. The van der Waals surface area contributed by atoms with E-state index in [2.05, 4.69) is 22.1 Å². The molecule has 1 aliphatic heterocycles. The van der Waals surface area contributed by atoms with Gasteiger partial charge in [0.1, 0.15) is 23.8 Å². The summed E-state index contributed by atoms with van der Waals surface area (Å²) in [7, 11) is 0. The van der Waals surface area contributed by atoms with E-state index in [-0.39, 0.29) is 24.5 Å². The fraction of sp³-hybridized carbons (Fsp3) is 0.346. The van der Waals surface area contributed by atoms with E-state index in [0.29, 0.717) is 35.8 Å². The Morgan fingerprint density at radius 1 is 1.24 bits per heavy atom. The molecule has 3 N–H and O–H groups in total. The molecule has 3 aromatic rings. The lowest BCUT2D eigenvalue weighted by Crippen LogP contribution is -2.36. The van der Waals surface area contributed by atoms with E-state index in [1.807, 2.05) is 45.0 Å². The number of hydrogen-bond acceptors (Lipinski definition) is 7. The Kier molecular flexibility index (Phi) is 6.57. The molecule has 0 spiro atoms. The quantitative estimate of drug-likeness (QED) is 0.511. The zero-order chi connectivity index (χ0) is 24.3. The van der Waals surface area contributed by atoms with Crippen LogP contribution in [-0.4, -0.2) is 62.5 Å². The number of amides is 1. The maximum atomic E-state index is 12.5. The Morgan fingerprint density at radius 2 is 2.03 bits per heavy atom. The van der Waals surface area contributed by atoms with E-state index >= 15 is 0 Å². The number of aromatic nitrogens is 2. The van der Waals surface area contributed by atoms with E-state index in [9.17, 15) is 9.90 Å². The molecule has 1 aromatic heterocycles. The molecular weight excluding hydrogens is 432 g/mol. The molecule has 1 saturated heterocycles. The molecule has 2 aromatic carbocycles. The fourth-order valence-corrected chi connectivity index (χ4v) is 3.80. The highest BCUT2D eigenvalue weighted by Gasteiger charge is 2.30. The van der Waals surface area contributed by atoms with E-state index in [1.54, 1.807) is 23.1 Å². The van der Waals surface area contributed by atoms with Crippen molar-refractivity contribution in [2.24, 2.45) is 0 Å². The first-order valence-corrected chi connectivity index (χ1v) is 11.2. The Labute approximate surface area is 198 Å². The van der Waals surface area contributed by atoms with Gasteiger partial charge in [0.15, 0.2) is 5.82 Å². The normalized spacial score (nSPS) is 15.6. The molecule has 34 heavy (non-hydrogen) atoms. The molecular formula is C26H28N4O4.